The lowest BCUT2D eigenvalue weighted by molar-refractivity contribution is -0.135. The first-order valence-corrected chi connectivity index (χ1v) is 14.5. The summed E-state index contributed by atoms with van der Waals surface area (Å²) in [7, 11) is 0. The van der Waals surface area contributed by atoms with E-state index in [9.17, 15) is 28.8 Å². The molecule has 0 atom stereocenters. The number of carbonyl (C=O) groups excluding carboxylic acids is 6. The molecule has 0 saturated heterocycles. The number of amides is 2. The van der Waals surface area contributed by atoms with Gasteiger partial charge in [0.25, 0.3) is 11.8 Å². The van der Waals surface area contributed by atoms with Crippen LogP contribution in [0.2, 0.25) is 0 Å². The van der Waals surface area contributed by atoms with E-state index in [0.29, 0.717) is 22.5 Å². The molecule has 20 heteroatoms. The molecule has 0 aliphatic carbocycles. The molecule has 46 heavy (non-hydrogen) atoms. The smallest absolute Gasteiger partial charge is 0.322 e. The molecule has 1 aromatic carbocycles. The van der Waals surface area contributed by atoms with Gasteiger partial charge in [0.2, 0.25) is 23.3 Å². The number of ketones is 4. The van der Waals surface area contributed by atoms with E-state index in [2.05, 4.69) is 41.0 Å². The molecule has 6 N–H and O–H groups in total. The number of hydrogen-bond donors (Lipinski definition) is 4. The second kappa shape index (κ2) is 12.9. The molecule has 0 aliphatic rings. The number of nitrogens with two attached hydrogens (primary N) is 2. The number of primary amides is 2. The predicted molar refractivity (Wildman–Crippen MR) is 160 cm³/mol. The van der Waals surface area contributed by atoms with E-state index in [0.717, 1.165) is 22.7 Å². The van der Waals surface area contributed by atoms with Gasteiger partial charge in [0.1, 0.15) is 0 Å². The Bertz CT molecular complexity index is 1880. The van der Waals surface area contributed by atoms with Crippen molar-refractivity contribution in [2.45, 2.75) is 26.7 Å². The average molecular weight is 665 g/mol. The quantitative estimate of drug-likeness (QED) is 0.0750. The van der Waals surface area contributed by atoms with Gasteiger partial charge in [-0.2, -0.15) is 0 Å². The number of hydrogen-bond acceptors (Lipinski definition) is 18. The van der Waals surface area contributed by atoms with Crippen LogP contribution < -0.4 is 22.1 Å². The van der Waals surface area contributed by atoms with E-state index in [1.807, 2.05) is 0 Å². The van der Waals surface area contributed by atoms with Crippen molar-refractivity contribution in [1.82, 2.24) is 30.4 Å². The fourth-order valence-electron chi connectivity index (χ4n) is 3.76. The highest BCUT2D eigenvalue weighted by molar-refractivity contribution is 7.18. The van der Waals surface area contributed by atoms with Crippen molar-refractivity contribution < 1.29 is 37.6 Å². The molecule has 4 aromatic heterocycles. The van der Waals surface area contributed by atoms with Gasteiger partial charge in [0.15, 0.2) is 21.8 Å². The molecule has 0 radical (unpaired) electrons. The second-order valence-electron chi connectivity index (χ2n) is 9.29. The first-order valence-electron chi connectivity index (χ1n) is 12.9. The molecule has 0 fully saturated rings. The molecule has 18 nitrogen and oxygen atoms in total. The van der Waals surface area contributed by atoms with Gasteiger partial charge in [0, 0.05) is 11.1 Å². The van der Waals surface area contributed by atoms with Gasteiger partial charge in [-0.1, -0.05) is 32.9 Å². The summed E-state index contributed by atoms with van der Waals surface area (Å²) in [5, 5.41) is 22.0. The Kier molecular flexibility index (Phi) is 8.82. The molecule has 2 amide bonds. The molecule has 5 rings (SSSR count). The summed E-state index contributed by atoms with van der Waals surface area (Å²) >= 11 is 1.90. The van der Waals surface area contributed by atoms with Crippen LogP contribution in [0.15, 0.2) is 33.1 Å². The number of nitrogens with zero attached hydrogens (tertiary/aromatic N) is 6. The van der Waals surface area contributed by atoms with Gasteiger partial charge in [-0.25, -0.2) is 9.97 Å². The summed E-state index contributed by atoms with van der Waals surface area (Å²) in [6.45, 7) is 3.15. The van der Waals surface area contributed by atoms with Gasteiger partial charge in [-0.15, -0.1) is 10.2 Å². The minimum atomic E-state index is -1.19. The van der Waals surface area contributed by atoms with Crippen LogP contribution in [0.25, 0.3) is 22.9 Å². The van der Waals surface area contributed by atoms with E-state index in [1.54, 1.807) is 38.1 Å². The monoisotopic (exact) mass is 664 g/mol. The Hall–Kier alpha value is -6.02. The largest absolute Gasteiger partial charge is 0.403 e. The lowest BCUT2D eigenvalue weighted by Gasteiger charge is -1.98. The van der Waals surface area contributed by atoms with E-state index >= 15 is 0 Å². The number of anilines is 4. The van der Waals surface area contributed by atoms with Crippen LogP contribution in [0.1, 0.15) is 43.6 Å². The van der Waals surface area contributed by atoms with Crippen LogP contribution >= 0.6 is 22.7 Å². The van der Waals surface area contributed by atoms with Gasteiger partial charge in [0.05, 0.1) is 34.0 Å². The van der Waals surface area contributed by atoms with Crippen LogP contribution in [0.5, 0.6) is 0 Å². The first-order chi connectivity index (χ1) is 21.9. The van der Waals surface area contributed by atoms with Crippen molar-refractivity contribution in [3.05, 3.63) is 45.4 Å². The number of carbonyl (C=O) groups is 6. The van der Waals surface area contributed by atoms with Gasteiger partial charge < -0.3 is 20.3 Å². The van der Waals surface area contributed by atoms with Crippen molar-refractivity contribution in [2.24, 2.45) is 11.5 Å². The molecular formula is C26H20N10O8S2. The molecule has 0 aliphatic heterocycles. The average Bonchev–Trinajstić information content (AvgIpc) is 3.81. The molecule has 0 unspecified atom stereocenters. The Morgan fingerprint density at radius 1 is 0.652 bits per heavy atom. The highest BCUT2D eigenvalue weighted by Gasteiger charge is 2.23. The number of thiazole rings is 2. The van der Waals surface area contributed by atoms with Crippen molar-refractivity contribution in [3.63, 3.8) is 0 Å². The molecule has 5 aromatic rings. The topological polar surface area (TPSA) is 282 Å². The van der Waals surface area contributed by atoms with Crippen molar-refractivity contribution in [1.29, 1.82) is 0 Å². The van der Waals surface area contributed by atoms with Gasteiger partial charge in [-0.05, 0) is 38.1 Å². The molecule has 4 heterocycles. The third kappa shape index (κ3) is 7.03. The summed E-state index contributed by atoms with van der Waals surface area (Å²) < 4.78 is 11.3. The van der Waals surface area contributed by atoms with Crippen LogP contribution in [0.3, 0.4) is 0 Å². The van der Waals surface area contributed by atoms with Gasteiger partial charge in [-0.3, -0.25) is 39.4 Å². The molecule has 234 valence electrons. The Morgan fingerprint density at radius 2 is 1.02 bits per heavy atom. The standard InChI is InChI=1S/C26H20N10O8S2/c1-9-17(13(37)7-15(39)19(27)41)45-25(29-9)31-23-35-33-21(43-23)11-3-5-12(6-4-11)22-34-36-24(44-22)32-26-30-10(2)18(46-26)14(38)8-16(40)20(28)42/h3-6H,7-8H2,1-2H3,(H2,27,41)(H2,28,42)(H,29,31,35)(H,30,32,36). The van der Waals surface area contributed by atoms with E-state index < -0.39 is 47.8 Å². The fraction of sp³-hybridized carbons (Fsp3) is 0.154. The van der Waals surface area contributed by atoms with E-state index in [-0.39, 0.29) is 43.8 Å². The molecule has 0 saturated carbocycles. The lowest BCUT2D eigenvalue weighted by atomic mass is 10.1. The van der Waals surface area contributed by atoms with E-state index in [4.69, 9.17) is 20.3 Å². The highest BCUT2D eigenvalue weighted by atomic mass is 32.1. The minimum Gasteiger partial charge on any atom is -0.403 e. The Balaban J connectivity index is 1.21. The molecule has 0 bridgehead atoms. The third-order valence-corrected chi connectivity index (χ3v) is 8.18. The summed E-state index contributed by atoms with van der Waals surface area (Å²) in [6, 6.07) is 6.71. The van der Waals surface area contributed by atoms with Crippen molar-refractivity contribution in [3.8, 4) is 22.9 Å². The number of benzene rings is 1. The Morgan fingerprint density at radius 3 is 1.37 bits per heavy atom. The van der Waals surface area contributed by atoms with Crippen LogP contribution in [-0.4, -0.2) is 65.3 Å². The highest BCUT2D eigenvalue weighted by Crippen LogP contribution is 2.30. The van der Waals surface area contributed by atoms with Crippen LogP contribution in [-0.2, 0) is 19.2 Å². The fourth-order valence-corrected chi connectivity index (χ4v) is 5.55. The number of nitrogens with one attached hydrogen (secondary N) is 2. The maximum atomic E-state index is 12.3. The first kappa shape index (κ1) is 31.4. The lowest BCUT2D eigenvalue weighted by Crippen LogP contribution is -2.25. The second-order valence-corrected chi connectivity index (χ2v) is 11.3. The summed E-state index contributed by atoms with van der Waals surface area (Å²) in [5.41, 5.74) is 11.7. The maximum absolute atomic E-state index is 12.3. The van der Waals surface area contributed by atoms with Crippen molar-refractivity contribution in [2.75, 3.05) is 10.6 Å². The minimum absolute atomic E-state index is 0.00518. The summed E-state index contributed by atoms with van der Waals surface area (Å²) in [5.74, 6) is -5.20. The maximum Gasteiger partial charge on any atom is 0.322 e. The number of aryl methyl sites for hydroxylation is 2. The normalized spacial score (nSPS) is 10.8. The van der Waals surface area contributed by atoms with E-state index in [1.165, 1.54) is 0 Å². The van der Waals surface area contributed by atoms with Crippen LogP contribution in [0.4, 0.5) is 22.3 Å². The van der Waals surface area contributed by atoms with Crippen molar-refractivity contribution >= 4 is 79.9 Å². The SMILES string of the molecule is Cc1nc(Nc2nnc(-c3ccc(-c4nnc(Nc5nc(C)c(C(=O)CC(=O)C(N)=O)s5)o4)cc3)o2)sc1C(=O)CC(=O)C(N)=O. The number of rotatable bonds is 14. The summed E-state index contributed by atoms with van der Waals surface area (Å²) in [6.07, 6.45) is -1.31. The number of Topliss-reactive ketones (excluding diaryl/α,β-unsaturated/α-hetero) is 4. The zero-order valence-corrected chi connectivity index (χ0v) is 25.3. The summed E-state index contributed by atoms with van der Waals surface area (Å²) in [4.78, 5) is 78.4. The third-order valence-electron chi connectivity index (χ3n) is 5.95. The zero-order chi connectivity index (χ0) is 33.1. The molecular weight excluding hydrogens is 644 g/mol. The predicted octanol–water partition coefficient (Wildman–Crippen LogP) is 2.06. The molecule has 0 spiro atoms. The number of aromatic nitrogens is 6. The zero-order valence-electron chi connectivity index (χ0n) is 23.6. The van der Waals surface area contributed by atoms with Crippen LogP contribution in [0, 0.1) is 13.8 Å². The van der Waals surface area contributed by atoms with Gasteiger partial charge >= 0.3 is 12.0 Å². The Labute approximate surface area is 264 Å².